The summed E-state index contributed by atoms with van der Waals surface area (Å²) in [6.45, 7) is 3.80. The van der Waals surface area contributed by atoms with Crippen molar-refractivity contribution in [2.75, 3.05) is 19.5 Å². The van der Waals surface area contributed by atoms with Crippen LogP contribution in [0.1, 0.15) is 42.2 Å². The van der Waals surface area contributed by atoms with Gasteiger partial charge in [-0.1, -0.05) is 18.2 Å². The molecule has 0 atom stereocenters. The molecule has 0 aliphatic carbocycles. The Hall–Kier alpha value is -4.72. The number of esters is 2. The molecule has 36 heavy (non-hydrogen) atoms. The van der Waals surface area contributed by atoms with E-state index in [1.165, 1.54) is 38.5 Å². The average molecular weight is 485 g/mol. The molecule has 0 aliphatic heterocycles. The van der Waals surface area contributed by atoms with Crippen LogP contribution in [-0.4, -0.2) is 32.1 Å². The molecule has 0 spiro atoms. The lowest BCUT2D eigenvalue weighted by atomic mass is 10.0. The van der Waals surface area contributed by atoms with Crippen molar-refractivity contribution in [3.8, 4) is 11.3 Å². The topological polar surface area (TPSA) is 112 Å². The number of amides is 1. The Morgan fingerprint density at radius 3 is 2.14 bits per heavy atom. The molecule has 1 amide bonds. The number of hydrogen-bond acceptors (Lipinski definition) is 7. The number of methoxy groups -OCH3 is 2. The van der Waals surface area contributed by atoms with Gasteiger partial charge in [0.15, 0.2) is 5.43 Å². The van der Waals surface area contributed by atoms with Crippen molar-refractivity contribution in [1.29, 1.82) is 0 Å². The molecule has 1 heterocycles. The second-order valence-corrected chi connectivity index (χ2v) is 8.21. The molecule has 8 nitrogen and oxygen atoms in total. The summed E-state index contributed by atoms with van der Waals surface area (Å²) in [6.07, 6.45) is 0. The Kier molecular flexibility index (Phi) is 6.69. The monoisotopic (exact) mass is 485 g/mol. The van der Waals surface area contributed by atoms with Crippen LogP contribution in [0.3, 0.4) is 0 Å². The predicted octanol–water partition coefficient (Wildman–Crippen LogP) is 4.90. The number of rotatable bonds is 5. The molecule has 0 aliphatic rings. The second-order valence-electron chi connectivity index (χ2n) is 8.21. The fourth-order valence-electron chi connectivity index (χ4n) is 3.91. The molecular weight excluding hydrogens is 462 g/mol. The molecule has 4 rings (SSSR count). The SMILES string of the molecule is COC(=O)c1ccc(C(=O)OC)c(NC(=O)c2ccc(-c3cc(=O)c4cc(C)cc(C)c4o3)cc2)c1. The highest BCUT2D eigenvalue weighted by Gasteiger charge is 2.18. The summed E-state index contributed by atoms with van der Waals surface area (Å²) in [4.78, 5) is 49.6. The van der Waals surface area contributed by atoms with Crippen LogP contribution < -0.4 is 10.7 Å². The molecule has 3 aromatic carbocycles. The van der Waals surface area contributed by atoms with Crippen molar-refractivity contribution in [2.24, 2.45) is 0 Å². The Morgan fingerprint density at radius 2 is 1.47 bits per heavy atom. The summed E-state index contributed by atoms with van der Waals surface area (Å²) < 4.78 is 15.5. The Bertz CT molecular complexity index is 1570. The number of carbonyl (C=O) groups excluding carboxylic acids is 3. The molecule has 0 radical (unpaired) electrons. The summed E-state index contributed by atoms with van der Waals surface area (Å²) in [6, 6.07) is 15.8. The van der Waals surface area contributed by atoms with Crippen molar-refractivity contribution >= 4 is 34.5 Å². The fourth-order valence-corrected chi connectivity index (χ4v) is 3.91. The molecule has 1 aromatic heterocycles. The van der Waals surface area contributed by atoms with E-state index in [0.29, 0.717) is 22.3 Å². The summed E-state index contributed by atoms with van der Waals surface area (Å²) in [5, 5.41) is 3.16. The Labute approximate surface area is 206 Å². The van der Waals surface area contributed by atoms with Crippen LogP contribution in [0, 0.1) is 13.8 Å². The van der Waals surface area contributed by atoms with Gasteiger partial charge in [0.25, 0.3) is 5.91 Å². The summed E-state index contributed by atoms with van der Waals surface area (Å²) in [7, 11) is 2.45. The fraction of sp³-hybridized carbons (Fsp3) is 0.143. The van der Waals surface area contributed by atoms with Gasteiger partial charge in [0.1, 0.15) is 11.3 Å². The number of nitrogens with one attached hydrogen (secondary N) is 1. The third kappa shape index (κ3) is 4.74. The van der Waals surface area contributed by atoms with E-state index in [-0.39, 0.29) is 27.8 Å². The van der Waals surface area contributed by atoms with Gasteiger partial charge in [-0.15, -0.1) is 0 Å². The van der Waals surface area contributed by atoms with Crippen LogP contribution in [0.25, 0.3) is 22.3 Å². The van der Waals surface area contributed by atoms with E-state index in [4.69, 9.17) is 13.9 Å². The predicted molar refractivity (Wildman–Crippen MR) is 134 cm³/mol. The first-order chi connectivity index (χ1) is 17.2. The molecule has 0 unspecified atom stereocenters. The number of benzene rings is 3. The maximum Gasteiger partial charge on any atom is 0.339 e. The van der Waals surface area contributed by atoms with E-state index in [2.05, 4.69) is 5.32 Å². The lowest BCUT2D eigenvalue weighted by Gasteiger charge is -2.12. The van der Waals surface area contributed by atoms with Gasteiger partial charge < -0.3 is 19.2 Å². The Morgan fingerprint density at radius 1 is 0.806 bits per heavy atom. The highest BCUT2D eigenvalue weighted by molar-refractivity contribution is 6.09. The van der Waals surface area contributed by atoms with E-state index in [1.807, 2.05) is 19.9 Å². The van der Waals surface area contributed by atoms with Crippen LogP contribution in [0.5, 0.6) is 0 Å². The number of hydrogen-bond donors (Lipinski definition) is 1. The van der Waals surface area contributed by atoms with Crippen molar-refractivity contribution < 1.29 is 28.3 Å². The smallest absolute Gasteiger partial charge is 0.339 e. The zero-order chi connectivity index (χ0) is 26.0. The number of aryl methyl sites for hydroxylation is 2. The van der Waals surface area contributed by atoms with Crippen molar-refractivity contribution in [1.82, 2.24) is 0 Å². The number of ether oxygens (including phenoxy) is 2. The lowest BCUT2D eigenvalue weighted by molar-refractivity contribution is 0.0587. The zero-order valence-corrected chi connectivity index (χ0v) is 20.1. The minimum absolute atomic E-state index is 0.0821. The van der Waals surface area contributed by atoms with Crippen LogP contribution in [0.4, 0.5) is 5.69 Å². The second kappa shape index (κ2) is 9.87. The molecule has 1 N–H and O–H groups in total. The highest BCUT2D eigenvalue weighted by atomic mass is 16.5. The quantitative estimate of drug-likeness (QED) is 0.400. The molecule has 0 saturated carbocycles. The third-order valence-corrected chi connectivity index (χ3v) is 5.68. The summed E-state index contributed by atoms with van der Waals surface area (Å²) in [5.41, 5.74) is 3.45. The van der Waals surface area contributed by atoms with E-state index in [9.17, 15) is 19.2 Å². The van der Waals surface area contributed by atoms with Gasteiger partial charge in [-0.05, 0) is 61.4 Å². The highest BCUT2D eigenvalue weighted by Crippen LogP contribution is 2.26. The van der Waals surface area contributed by atoms with E-state index >= 15 is 0 Å². The van der Waals surface area contributed by atoms with Crippen molar-refractivity contribution in [2.45, 2.75) is 13.8 Å². The van der Waals surface area contributed by atoms with Gasteiger partial charge in [0.2, 0.25) is 0 Å². The normalized spacial score (nSPS) is 10.7. The van der Waals surface area contributed by atoms with Gasteiger partial charge in [-0.3, -0.25) is 9.59 Å². The zero-order valence-electron chi connectivity index (χ0n) is 20.1. The molecule has 0 bridgehead atoms. The van der Waals surface area contributed by atoms with E-state index in [0.717, 1.165) is 11.1 Å². The number of fused-ring (bicyclic) bond motifs is 1. The average Bonchev–Trinajstić information content (AvgIpc) is 2.88. The van der Waals surface area contributed by atoms with Gasteiger partial charge in [0.05, 0.1) is 36.4 Å². The van der Waals surface area contributed by atoms with Crippen LogP contribution in [0.15, 0.2) is 69.9 Å². The molecule has 4 aromatic rings. The standard InChI is InChI=1S/C28H23NO7/c1-15-11-16(2)25-21(12-15)23(30)14-24(36-25)17-5-7-18(8-6-17)26(31)29-22-13-19(27(32)34-3)9-10-20(22)28(33)35-4/h5-14H,1-4H3,(H,29,31). The first kappa shape index (κ1) is 24.4. The van der Waals surface area contributed by atoms with Crippen molar-refractivity contribution in [3.63, 3.8) is 0 Å². The van der Waals surface area contributed by atoms with Crippen molar-refractivity contribution in [3.05, 3.63) is 98.7 Å². The molecule has 0 fully saturated rings. The molecular formula is C28H23NO7. The van der Waals surface area contributed by atoms with Gasteiger partial charge in [-0.2, -0.15) is 0 Å². The maximum absolute atomic E-state index is 12.9. The van der Waals surface area contributed by atoms with Gasteiger partial charge in [0, 0.05) is 17.2 Å². The largest absolute Gasteiger partial charge is 0.465 e. The minimum atomic E-state index is -0.672. The number of carbonyl (C=O) groups is 3. The summed E-state index contributed by atoms with van der Waals surface area (Å²) >= 11 is 0. The minimum Gasteiger partial charge on any atom is -0.465 e. The van der Waals surface area contributed by atoms with E-state index in [1.54, 1.807) is 30.3 Å². The molecule has 0 saturated heterocycles. The van der Waals surface area contributed by atoms with Crippen LogP contribution >= 0.6 is 0 Å². The van der Waals surface area contributed by atoms with Crippen LogP contribution in [0.2, 0.25) is 0 Å². The van der Waals surface area contributed by atoms with E-state index < -0.39 is 17.8 Å². The number of anilines is 1. The first-order valence-corrected chi connectivity index (χ1v) is 11.0. The lowest BCUT2D eigenvalue weighted by Crippen LogP contribution is -2.16. The first-order valence-electron chi connectivity index (χ1n) is 11.0. The van der Waals surface area contributed by atoms with Crippen LogP contribution in [-0.2, 0) is 9.47 Å². The summed E-state index contributed by atoms with van der Waals surface area (Å²) in [5.74, 6) is -1.42. The third-order valence-electron chi connectivity index (χ3n) is 5.68. The van der Waals surface area contributed by atoms with Gasteiger partial charge >= 0.3 is 11.9 Å². The van der Waals surface area contributed by atoms with Gasteiger partial charge in [-0.25, -0.2) is 9.59 Å². The molecule has 8 heteroatoms. The Balaban J connectivity index is 1.64. The maximum atomic E-state index is 12.9. The molecule has 182 valence electrons.